The molecule has 2 rings (SSSR count). The van der Waals surface area contributed by atoms with Gasteiger partial charge >= 0.3 is 0 Å². The highest BCUT2D eigenvalue weighted by Gasteiger charge is 2.51. The van der Waals surface area contributed by atoms with Gasteiger partial charge in [-0.05, 0) is 77.0 Å². The summed E-state index contributed by atoms with van der Waals surface area (Å²) in [5.41, 5.74) is 0. The number of aliphatic hydroxyl groups excluding tert-OH is 8. The van der Waals surface area contributed by atoms with Crippen LogP contribution in [-0.2, 0) is 23.7 Å². The van der Waals surface area contributed by atoms with Crippen LogP contribution in [0.4, 0.5) is 0 Å². The number of rotatable bonds is 50. The average molecular weight is 1140 g/mol. The Balaban J connectivity index is 1.70. The van der Waals surface area contributed by atoms with E-state index >= 15 is 0 Å². The SMILES string of the molecule is CC/C=C\C/C=C\C/C=C\C/C=C\C/C=C\C/C=C\C/C=C\CCCCCCCCCCCC(=O)NC(COC1OC(CO)C(OC2OC(CO)C(O)C(O)C2O)C(O)C1O)C(O)/C=C/CCCCCCCCCCCCCCCC. The molecule has 81 heavy (non-hydrogen) atoms. The molecule has 0 saturated carbocycles. The Morgan fingerprint density at radius 1 is 0.457 bits per heavy atom. The summed E-state index contributed by atoms with van der Waals surface area (Å²) in [6, 6.07) is -0.924. The van der Waals surface area contributed by atoms with Crippen LogP contribution in [0.1, 0.15) is 226 Å². The number of allylic oxidation sites excluding steroid dienone is 15. The quantitative estimate of drug-likeness (QED) is 0.0204. The molecule has 9 N–H and O–H groups in total. The minimum atomic E-state index is -1.79. The van der Waals surface area contributed by atoms with Crippen molar-refractivity contribution in [2.75, 3.05) is 19.8 Å². The van der Waals surface area contributed by atoms with Crippen LogP contribution < -0.4 is 5.32 Å². The number of aliphatic hydroxyl groups is 8. The van der Waals surface area contributed by atoms with Crippen molar-refractivity contribution >= 4 is 5.91 Å². The molecule has 0 spiro atoms. The zero-order valence-corrected chi connectivity index (χ0v) is 50.2. The molecule has 14 heteroatoms. The summed E-state index contributed by atoms with van der Waals surface area (Å²) < 4.78 is 22.8. The summed E-state index contributed by atoms with van der Waals surface area (Å²) in [4.78, 5) is 13.3. The van der Waals surface area contributed by atoms with E-state index in [4.69, 9.17) is 18.9 Å². The molecule has 0 aromatic carbocycles. The van der Waals surface area contributed by atoms with Gasteiger partial charge in [-0.3, -0.25) is 4.79 Å². The maximum atomic E-state index is 13.3. The van der Waals surface area contributed by atoms with Crippen molar-refractivity contribution in [2.24, 2.45) is 0 Å². The van der Waals surface area contributed by atoms with E-state index in [-0.39, 0.29) is 18.9 Å². The second-order valence-electron chi connectivity index (χ2n) is 22.2. The lowest BCUT2D eigenvalue weighted by Crippen LogP contribution is -2.65. The second-order valence-corrected chi connectivity index (χ2v) is 22.2. The van der Waals surface area contributed by atoms with Crippen LogP contribution in [-0.4, -0.2) is 140 Å². The number of amides is 1. The molecule has 0 aromatic rings. The van der Waals surface area contributed by atoms with Gasteiger partial charge < -0.3 is 65.1 Å². The van der Waals surface area contributed by atoms with Gasteiger partial charge in [-0.2, -0.15) is 0 Å². The first-order valence-corrected chi connectivity index (χ1v) is 32.0. The van der Waals surface area contributed by atoms with Gasteiger partial charge in [0.25, 0.3) is 0 Å². The maximum Gasteiger partial charge on any atom is 0.220 e. The third-order valence-corrected chi connectivity index (χ3v) is 15.0. The summed E-state index contributed by atoms with van der Waals surface area (Å²) in [5, 5.41) is 87.2. The number of hydrogen-bond donors (Lipinski definition) is 9. The fourth-order valence-electron chi connectivity index (χ4n) is 9.92. The normalized spacial score (nSPS) is 24.8. The van der Waals surface area contributed by atoms with Crippen molar-refractivity contribution in [1.82, 2.24) is 5.32 Å². The van der Waals surface area contributed by atoms with E-state index in [0.717, 1.165) is 89.9 Å². The standard InChI is InChI=1S/C67H115NO13/c1-3-5-7-9-11-13-15-17-19-21-22-23-24-25-26-27-28-29-30-31-32-33-34-35-37-39-41-43-45-47-49-51-59(72)68-55(56(71)50-48-46-44-42-40-38-36-20-18-16-14-12-10-8-6-4-2)54-78-66-64(77)62(75)65(58(53-70)80-66)81-67-63(76)61(74)60(73)57(52-69)79-67/h5,7,11,13,17,19,22-23,25-26,28-29,31-32,48,50,55-58,60-67,69-71,73-77H,3-4,6,8-10,12,14-16,18,20-21,24,27,30,33-47,49,51-54H2,1-2H3,(H,68,72)/b7-5-,13-11-,19-17-,23-22-,26-25-,29-28-,32-31-,50-48+. The molecule has 0 aromatic heterocycles. The van der Waals surface area contributed by atoms with Crippen molar-refractivity contribution in [2.45, 2.75) is 299 Å². The van der Waals surface area contributed by atoms with Crippen molar-refractivity contribution in [3.8, 4) is 0 Å². The molecule has 0 radical (unpaired) electrons. The molecule has 14 nitrogen and oxygen atoms in total. The average Bonchev–Trinajstić information content (AvgIpc) is 3.47. The van der Waals surface area contributed by atoms with E-state index in [2.05, 4.69) is 104 Å². The third-order valence-electron chi connectivity index (χ3n) is 15.0. The molecule has 2 fully saturated rings. The molecule has 0 bridgehead atoms. The van der Waals surface area contributed by atoms with Gasteiger partial charge in [0.05, 0.1) is 32.0 Å². The molecule has 2 heterocycles. The van der Waals surface area contributed by atoms with Gasteiger partial charge in [-0.15, -0.1) is 0 Å². The molecule has 2 aliphatic rings. The van der Waals surface area contributed by atoms with Crippen LogP contribution in [0.15, 0.2) is 97.2 Å². The fourth-order valence-corrected chi connectivity index (χ4v) is 9.92. The first-order valence-electron chi connectivity index (χ1n) is 32.0. The second kappa shape index (κ2) is 51.3. The smallest absolute Gasteiger partial charge is 0.220 e. The predicted molar refractivity (Wildman–Crippen MR) is 327 cm³/mol. The van der Waals surface area contributed by atoms with Gasteiger partial charge in [0.15, 0.2) is 12.6 Å². The predicted octanol–water partition coefficient (Wildman–Crippen LogP) is 11.8. The zero-order chi connectivity index (χ0) is 58.8. The van der Waals surface area contributed by atoms with Gasteiger partial charge in [-0.1, -0.05) is 239 Å². The Morgan fingerprint density at radius 3 is 1.31 bits per heavy atom. The molecule has 12 unspecified atom stereocenters. The van der Waals surface area contributed by atoms with Crippen molar-refractivity contribution in [3.63, 3.8) is 0 Å². The van der Waals surface area contributed by atoms with Crippen LogP contribution in [0.25, 0.3) is 0 Å². The summed E-state index contributed by atoms with van der Waals surface area (Å²) >= 11 is 0. The lowest BCUT2D eigenvalue weighted by Gasteiger charge is -2.46. The number of carbonyl (C=O) groups is 1. The number of unbranched alkanes of at least 4 members (excludes halogenated alkanes) is 23. The van der Waals surface area contributed by atoms with E-state index in [0.29, 0.717) is 6.42 Å². The number of ether oxygens (including phenoxy) is 4. The highest BCUT2D eigenvalue weighted by molar-refractivity contribution is 5.76. The number of hydrogen-bond acceptors (Lipinski definition) is 13. The minimum absolute atomic E-state index is 0.249. The van der Waals surface area contributed by atoms with Crippen molar-refractivity contribution in [1.29, 1.82) is 0 Å². The topological polar surface area (TPSA) is 228 Å². The Labute approximate surface area is 490 Å². The molecule has 1 amide bonds. The first-order chi connectivity index (χ1) is 39.6. The molecule has 0 aliphatic carbocycles. The highest BCUT2D eigenvalue weighted by atomic mass is 16.7. The van der Waals surface area contributed by atoms with Gasteiger partial charge in [0, 0.05) is 6.42 Å². The first kappa shape index (κ1) is 74.0. The Bertz CT molecular complexity index is 1730. The Hall–Kier alpha value is -3.09. The van der Waals surface area contributed by atoms with Crippen LogP contribution in [0.5, 0.6) is 0 Å². The molecule has 12 atom stereocenters. The van der Waals surface area contributed by atoms with Crippen molar-refractivity contribution < 1.29 is 64.6 Å². The zero-order valence-electron chi connectivity index (χ0n) is 50.2. The summed E-state index contributed by atoms with van der Waals surface area (Å²) in [5.74, 6) is -0.249. The maximum absolute atomic E-state index is 13.3. The summed E-state index contributed by atoms with van der Waals surface area (Å²) in [6.07, 6.45) is 54.4. The van der Waals surface area contributed by atoms with E-state index in [1.807, 2.05) is 6.08 Å². The van der Waals surface area contributed by atoms with Gasteiger partial charge in [-0.25, -0.2) is 0 Å². The summed E-state index contributed by atoms with van der Waals surface area (Å²) in [6.45, 7) is 2.68. The monoisotopic (exact) mass is 1140 g/mol. The minimum Gasteiger partial charge on any atom is -0.394 e. The highest BCUT2D eigenvalue weighted by Crippen LogP contribution is 2.30. The summed E-state index contributed by atoms with van der Waals surface area (Å²) in [7, 11) is 0. The van der Waals surface area contributed by atoms with E-state index < -0.39 is 86.8 Å². The Morgan fingerprint density at radius 2 is 0.852 bits per heavy atom. The molecular formula is C67H115NO13. The Kier molecular flexibility index (Phi) is 46.9. The largest absolute Gasteiger partial charge is 0.394 e. The molecular weight excluding hydrogens is 1030 g/mol. The van der Waals surface area contributed by atoms with E-state index in [9.17, 15) is 45.6 Å². The van der Waals surface area contributed by atoms with Gasteiger partial charge in [0.1, 0.15) is 48.8 Å². The number of nitrogens with one attached hydrogen (secondary N) is 1. The fraction of sp³-hybridized carbons (Fsp3) is 0.746. The van der Waals surface area contributed by atoms with Crippen LogP contribution >= 0.6 is 0 Å². The number of carbonyl (C=O) groups excluding carboxylic acids is 1. The van der Waals surface area contributed by atoms with Crippen LogP contribution in [0.3, 0.4) is 0 Å². The van der Waals surface area contributed by atoms with Gasteiger partial charge in [0.2, 0.25) is 5.91 Å². The van der Waals surface area contributed by atoms with E-state index in [1.54, 1.807) is 6.08 Å². The molecule has 2 aliphatic heterocycles. The lowest BCUT2D eigenvalue weighted by molar-refractivity contribution is -0.359. The molecule has 2 saturated heterocycles. The van der Waals surface area contributed by atoms with E-state index in [1.165, 1.54) is 109 Å². The van der Waals surface area contributed by atoms with Crippen LogP contribution in [0.2, 0.25) is 0 Å². The lowest BCUT2D eigenvalue weighted by atomic mass is 9.97. The van der Waals surface area contributed by atoms with Crippen molar-refractivity contribution in [3.05, 3.63) is 97.2 Å². The van der Waals surface area contributed by atoms with Crippen LogP contribution in [0, 0.1) is 0 Å². The third kappa shape index (κ3) is 36.4. The molecule has 466 valence electrons.